The van der Waals surface area contributed by atoms with E-state index in [1.165, 1.54) is 0 Å². The highest BCUT2D eigenvalue weighted by Gasteiger charge is 2.49. The van der Waals surface area contributed by atoms with Crippen molar-refractivity contribution in [2.75, 3.05) is 6.54 Å². The van der Waals surface area contributed by atoms with Gasteiger partial charge in [-0.1, -0.05) is 23.2 Å². The highest BCUT2D eigenvalue weighted by molar-refractivity contribution is 7.88. The summed E-state index contributed by atoms with van der Waals surface area (Å²) >= 11 is 12.6. The molecule has 12 heteroatoms. The Balaban J connectivity index is 1.98. The third kappa shape index (κ3) is 4.80. The largest absolute Gasteiger partial charge is 0.534 e. The van der Waals surface area contributed by atoms with Gasteiger partial charge in [0.2, 0.25) is 5.91 Å². The Morgan fingerprint density at radius 2 is 1.63 bits per heavy atom. The summed E-state index contributed by atoms with van der Waals surface area (Å²) in [6, 6.07) is 1.87. The molecule has 30 heavy (non-hydrogen) atoms. The van der Waals surface area contributed by atoms with Gasteiger partial charge >= 0.3 is 15.6 Å². The van der Waals surface area contributed by atoms with Crippen LogP contribution in [0.1, 0.15) is 43.6 Å². The van der Waals surface area contributed by atoms with Crippen molar-refractivity contribution < 1.29 is 35.0 Å². The van der Waals surface area contributed by atoms with Crippen molar-refractivity contribution in [2.45, 2.75) is 49.7 Å². The fourth-order valence-corrected chi connectivity index (χ4v) is 5.42. The molecule has 168 valence electrons. The number of carbonyl (C=O) groups is 1. The zero-order valence-corrected chi connectivity index (χ0v) is 17.8. The highest BCUT2D eigenvalue weighted by atomic mass is 35.5. The fraction of sp³-hybridized carbons (Fsp3) is 0.611. The molecule has 2 atom stereocenters. The van der Waals surface area contributed by atoms with E-state index < -0.39 is 39.4 Å². The van der Waals surface area contributed by atoms with Crippen LogP contribution in [-0.2, 0) is 14.9 Å². The summed E-state index contributed by atoms with van der Waals surface area (Å²) in [4.78, 5) is 12.4. The van der Waals surface area contributed by atoms with Gasteiger partial charge in [-0.15, -0.1) is 0 Å². The number of rotatable bonds is 5. The standard InChI is InChI=1S/C18H19Cl2F4NO4S/c19-13-7-11(29-30(27,28)18(22,23)24)8-14(20)16(13)15(12-5-6-25-17(12)26)9-1-3-10(21)4-2-9/h7-10,12,15H,1-6H2,(H,25,26). The van der Waals surface area contributed by atoms with Gasteiger partial charge in [-0.05, 0) is 43.6 Å². The predicted molar refractivity (Wildman–Crippen MR) is 103 cm³/mol. The summed E-state index contributed by atoms with van der Waals surface area (Å²) < 4.78 is 78.1. The van der Waals surface area contributed by atoms with E-state index in [2.05, 4.69) is 9.50 Å². The van der Waals surface area contributed by atoms with Gasteiger partial charge in [-0.2, -0.15) is 21.6 Å². The van der Waals surface area contributed by atoms with Crippen LogP contribution in [0.4, 0.5) is 17.6 Å². The number of carbonyl (C=O) groups excluding carboxylic acids is 1. The summed E-state index contributed by atoms with van der Waals surface area (Å²) in [5.74, 6) is -1.95. The summed E-state index contributed by atoms with van der Waals surface area (Å²) in [7, 11) is -5.89. The van der Waals surface area contributed by atoms with Crippen molar-refractivity contribution in [1.29, 1.82) is 0 Å². The van der Waals surface area contributed by atoms with Crippen LogP contribution >= 0.6 is 23.2 Å². The number of alkyl halides is 4. The second-order valence-electron chi connectivity index (χ2n) is 7.51. The van der Waals surface area contributed by atoms with E-state index >= 15 is 0 Å². The maximum Gasteiger partial charge on any atom is 0.534 e. The first kappa shape index (κ1) is 23.4. The quantitative estimate of drug-likeness (QED) is 0.358. The third-order valence-corrected chi connectivity index (χ3v) is 7.21. The first-order valence-corrected chi connectivity index (χ1v) is 11.5. The Kier molecular flexibility index (Phi) is 6.79. The van der Waals surface area contributed by atoms with Crippen LogP contribution in [0.2, 0.25) is 10.0 Å². The topological polar surface area (TPSA) is 72.5 Å². The minimum atomic E-state index is -5.89. The third-order valence-electron chi connectivity index (χ3n) is 5.61. The fourth-order valence-electron chi connectivity index (χ4n) is 4.26. The van der Waals surface area contributed by atoms with Crippen molar-refractivity contribution in [3.8, 4) is 5.75 Å². The lowest BCUT2D eigenvalue weighted by Gasteiger charge is -2.35. The minimum Gasteiger partial charge on any atom is -0.376 e. The Bertz CT molecular complexity index is 894. The molecule has 2 aliphatic rings. The van der Waals surface area contributed by atoms with Crippen molar-refractivity contribution in [1.82, 2.24) is 5.32 Å². The first-order valence-electron chi connectivity index (χ1n) is 9.32. The molecule has 1 N–H and O–H groups in total. The van der Waals surface area contributed by atoms with E-state index in [4.69, 9.17) is 23.2 Å². The number of nitrogens with one attached hydrogen (secondary N) is 1. The molecule has 1 heterocycles. The Morgan fingerprint density at radius 3 is 2.10 bits per heavy atom. The number of hydrogen-bond donors (Lipinski definition) is 1. The first-order chi connectivity index (χ1) is 13.9. The Morgan fingerprint density at radius 1 is 1.07 bits per heavy atom. The molecule has 1 aliphatic carbocycles. The second-order valence-corrected chi connectivity index (χ2v) is 9.86. The van der Waals surface area contributed by atoms with E-state index in [0.29, 0.717) is 44.2 Å². The molecule has 1 amide bonds. The normalized spacial score (nSPS) is 26.3. The molecule has 0 aromatic heterocycles. The second kappa shape index (κ2) is 8.70. The van der Waals surface area contributed by atoms with Crippen LogP contribution in [0.15, 0.2) is 12.1 Å². The molecule has 2 unspecified atom stereocenters. The predicted octanol–water partition coefficient (Wildman–Crippen LogP) is 4.97. The van der Waals surface area contributed by atoms with Gasteiger partial charge < -0.3 is 9.50 Å². The lowest BCUT2D eigenvalue weighted by Crippen LogP contribution is -2.31. The Hall–Kier alpha value is -1.26. The zero-order chi connectivity index (χ0) is 22.3. The van der Waals surface area contributed by atoms with Crippen LogP contribution < -0.4 is 9.50 Å². The van der Waals surface area contributed by atoms with Gasteiger partial charge in [0.25, 0.3) is 0 Å². The molecule has 0 spiro atoms. The maximum absolute atomic E-state index is 13.6. The molecule has 1 saturated carbocycles. The average molecular weight is 492 g/mol. The monoisotopic (exact) mass is 491 g/mol. The molecule has 1 aliphatic heterocycles. The molecule has 0 radical (unpaired) electrons. The van der Waals surface area contributed by atoms with Crippen LogP contribution in [-0.4, -0.2) is 32.5 Å². The molecular formula is C18H19Cl2F4NO4S. The van der Waals surface area contributed by atoms with Crippen LogP contribution in [0.25, 0.3) is 0 Å². The molecular weight excluding hydrogens is 473 g/mol. The number of hydrogen-bond acceptors (Lipinski definition) is 4. The lowest BCUT2D eigenvalue weighted by molar-refractivity contribution is -0.123. The van der Waals surface area contributed by atoms with Crippen molar-refractivity contribution in [2.24, 2.45) is 11.8 Å². The molecule has 5 nitrogen and oxygen atoms in total. The SMILES string of the molecule is O=C1NCCC1C(c1c(Cl)cc(OS(=O)(=O)C(F)(F)F)cc1Cl)C1CCC(F)CC1. The van der Waals surface area contributed by atoms with Crippen LogP contribution in [0.5, 0.6) is 5.75 Å². The minimum absolute atomic E-state index is 0.105. The van der Waals surface area contributed by atoms with Crippen LogP contribution in [0.3, 0.4) is 0 Å². The summed E-state index contributed by atoms with van der Waals surface area (Å²) in [6.45, 7) is 0.457. The van der Waals surface area contributed by atoms with E-state index in [1.54, 1.807) is 0 Å². The van der Waals surface area contributed by atoms with Crippen molar-refractivity contribution in [3.05, 3.63) is 27.7 Å². The van der Waals surface area contributed by atoms with Gasteiger partial charge in [0.15, 0.2) is 0 Å². The lowest BCUT2D eigenvalue weighted by atomic mass is 9.70. The number of amides is 1. The van der Waals surface area contributed by atoms with E-state index in [1.807, 2.05) is 0 Å². The molecule has 1 aromatic rings. The summed E-state index contributed by atoms with van der Waals surface area (Å²) in [5.41, 5.74) is -5.28. The average Bonchev–Trinajstić information content (AvgIpc) is 3.03. The molecule has 0 bridgehead atoms. The van der Waals surface area contributed by atoms with Crippen molar-refractivity contribution in [3.63, 3.8) is 0 Å². The van der Waals surface area contributed by atoms with Gasteiger partial charge in [0.05, 0.1) is 0 Å². The van der Waals surface area contributed by atoms with E-state index in [-0.39, 0.29) is 21.9 Å². The summed E-state index contributed by atoms with van der Waals surface area (Å²) in [5, 5.41) is 2.52. The van der Waals surface area contributed by atoms with E-state index in [0.717, 1.165) is 12.1 Å². The molecule has 2 fully saturated rings. The van der Waals surface area contributed by atoms with Gasteiger partial charge in [-0.3, -0.25) is 4.79 Å². The molecule has 1 saturated heterocycles. The Labute approximate surface area is 181 Å². The van der Waals surface area contributed by atoms with Gasteiger partial charge in [0, 0.05) is 40.6 Å². The smallest absolute Gasteiger partial charge is 0.376 e. The highest BCUT2D eigenvalue weighted by Crippen LogP contribution is 2.48. The maximum atomic E-state index is 13.6. The van der Waals surface area contributed by atoms with Crippen molar-refractivity contribution >= 4 is 39.2 Å². The number of halogens is 6. The van der Waals surface area contributed by atoms with E-state index in [9.17, 15) is 30.8 Å². The van der Waals surface area contributed by atoms with Gasteiger partial charge in [-0.25, -0.2) is 4.39 Å². The van der Waals surface area contributed by atoms with Crippen LogP contribution in [0, 0.1) is 11.8 Å². The molecule has 1 aromatic carbocycles. The van der Waals surface area contributed by atoms with Gasteiger partial charge in [0.1, 0.15) is 11.9 Å². The number of benzene rings is 1. The zero-order valence-electron chi connectivity index (χ0n) is 15.5. The molecule has 3 rings (SSSR count). The summed E-state index contributed by atoms with van der Waals surface area (Å²) in [6.07, 6.45) is 1.25.